The summed E-state index contributed by atoms with van der Waals surface area (Å²) in [7, 11) is 2.65. The molecule has 1 aromatic rings. The van der Waals surface area contributed by atoms with Crippen molar-refractivity contribution in [3.05, 3.63) is 35.3 Å². The highest BCUT2D eigenvalue weighted by atomic mass is 19.3. The Morgan fingerprint density at radius 1 is 0.952 bits per heavy atom. The summed E-state index contributed by atoms with van der Waals surface area (Å²) in [5.74, 6) is -12.9. The van der Waals surface area contributed by atoms with E-state index in [9.17, 15) is 22.0 Å². The lowest BCUT2D eigenvalue weighted by molar-refractivity contribution is -0.233. The van der Waals surface area contributed by atoms with Crippen LogP contribution < -0.4 is 9.47 Å². The lowest BCUT2D eigenvalue weighted by atomic mass is 9.96. The molecule has 1 aromatic carbocycles. The fraction of sp³-hybridized carbons (Fsp3) is 0.385. The van der Waals surface area contributed by atoms with Gasteiger partial charge in [-0.1, -0.05) is 6.07 Å². The van der Waals surface area contributed by atoms with Crippen LogP contribution in [-0.2, 0) is 11.3 Å². The van der Waals surface area contributed by atoms with E-state index in [0.717, 1.165) is 0 Å². The van der Waals surface area contributed by atoms with E-state index in [1.165, 1.54) is 26.4 Å². The maximum Gasteiger partial charge on any atom is 0.375 e. The summed E-state index contributed by atoms with van der Waals surface area (Å²) < 4.78 is 78.9. The number of hydrogen-bond acceptors (Lipinski definition) is 3. The van der Waals surface area contributed by atoms with Crippen LogP contribution in [0.1, 0.15) is 5.56 Å². The molecular formula is C13H11F5O3. The SMILES string of the molecule is COc1cccc(OC)c1COC1=C(F)C(F)(F)C1(F)F. The summed E-state index contributed by atoms with van der Waals surface area (Å²) in [4.78, 5) is 0. The molecular weight excluding hydrogens is 299 g/mol. The number of halogens is 5. The Balaban J connectivity index is 2.24. The number of alkyl halides is 4. The zero-order valence-electron chi connectivity index (χ0n) is 11.1. The molecule has 0 saturated carbocycles. The van der Waals surface area contributed by atoms with Crippen LogP contribution in [0.3, 0.4) is 0 Å². The number of allylic oxidation sites excluding steroid dienone is 2. The zero-order valence-corrected chi connectivity index (χ0v) is 11.1. The molecule has 0 aliphatic heterocycles. The molecule has 0 atom stereocenters. The number of methoxy groups -OCH3 is 2. The van der Waals surface area contributed by atoms with Gasteiger partial charge in [-0.25, -0.2) is 4.39 Å². The van der Waals surface area contributed by atoms with Gasteiger partial charge >= 0.3 is 11.8 Å². The maximum atomic E-state index is 13.1. The molecule has 21 heavy (non-hydrogen) atoms. The van der Waals surface area contributed by atoms with Crippen molar-refractivity contribution in [1.29, 1.82) is 0 Å². The van der Waals surface area contributed by atoms with Gasteiger partial charge in [0.2, 0.25) is 11.6 Å². The lowest BCUT2D eigenvalue weighted by Gasteiger charge is -2.35. The van der Waals surface area contributed by atoms with Gasteiger partial charge in [0.25, 0.3) is 0 Å². The van der Waals surface area contributed by atoms with Crippen molar-refractivity contribution in [2.45, 2.75) is 18.5 Å². The van der Waals surface area contributed by atoms with Crippen molar-refractivity contribution < 1.29 is 36.2 Å². The predicted molar refractivity (Wildman–Crippen MR) is 62.4 cm³/mol. The third-order valence-corrected chi connectivity index (χ3v) is 3.05. The third-order valence-electron chi connectivity index (χ3n) is 3.05. The second kappa shape index (κ2) is 5.09. The fourth-order valence-electron chi connectivity index (χ4n) is 1.87. The summed E-state index contributed by atoms with van der Waals surface area (Å²) in [6, 6.07) is 4.58. The first-order valence-electron chi connectivity index (χ1n) is 5.76. The van der Waals surface area contributed by atoms with Gasteiger partial charge in [-0.15, -0.1) is 0 Å². The van der Waals surface area contributed by atoms with Crippen molar-refractivity contribution in [3.63, 3.8) is 0 Å². The first-order valence-corrected chi connectivity index (χ1v) is 5.76. The van der Waals surface area contributed by atoms with Crippen LogP contribution in [0.25, 0.3) is 0 Å². The summed E-state index contributed by atoms with van der Waals surface area (Å²) in [6.07, 6.45) is 0. The highest BCUT2D eigenvalue weighted by molar-refractivity contribution is 5.45. The first-order chi connectivity index (χ1) is 9.77. The van der Waals surface area contributed by atoms with Crippen LogP contribution in [0.2, 0.25) is 0 Å². The minimum Gasteiger partial charge on any atom is -0.496 e. The predicted octanol–water partition coefficient (Wildman–Crippen LogP) is 3.69. The maximum absolute atomic E-state index is 13.1. The number of hydrogen-bond donors (Lipinski definition) is 0. The zero-order chi connectivity index (χ0) is 15.8. The number of rotatable bonds is 5. The molecule has 0 saturated heterocycles. The summed E-state index contributed by atoms with van der Waals surface area (Å²) >= 11 is 0. The Bertz CT molecular complexity index is 561. The van der Waals surface area contributed by atoms with E-state index < -0.39 is 30.0 Å². The molecule has 0 unspecified atom stereocenters. The quantitative estimate of drug-likeness (QED) is 0.776. The van der Waals surface area contributed by atoms with E-state index in [4.69, 9.17) is 9.47 Å². The molecule has 1 aliphatic rings. The highest BCUT2D eigenvalue weighted by Gasteiger charge is 2.74. The molecule has 8 heteroatoms. The second-order valence-electron chi connectivity index (χ2n) is 4.22. The normalized spacial score (nSPS) is 19.0. The fourth-order valence-corrected chi connectivity index (χ4v) is 1.87. The molecule has 0 N–H and O–H groups in total. The number of ether oxygens (including phenoxy) is 3. The van der Waals surface area contributed by atoms with E-state index in [2.05, 4.69) is 4.74 Å². The van der Waals surface area contributed by atoms with Crippen LogP contribution in [0.4, 0.5) is 22.0 Å². The molecule has 0 spiro atoms. The smallest absolute Gasteiger partial charge is 0.375 e. The van der Waals surface area contributed by atoms with E-state index in [-0.39, 0.29) is 17.1 Å². The Morgan fingerprint density at radius 2 is 1.48 bits per heavy atom. The van der Waals surface area contributed by atoms with Crippen molar-refractivity contribution >= 4 is 0 Å². The monoisotopic (exact) mass is 310 g/mol. The van der Waals surface area contributed by atoms with Gasteiger partial charge in [-0.3, -0.25) is 0 Å². The Labute approximate surface area is 116 Å². The van der Waals surface area contributed by atoms with E-state index in [1.54, 1.807) is 6.07 Å². The minimum atomic E-state index is -4.83. The van der Waals surface area contributed by atoms with Gasteiger partial charge in [0, 0.05) is 0 Å². The van der Waals surface area contributed by atoms with E-state index in [0.29, 0.717) is 0 Å². The van der Waals surface area contributed by atoms with Gasteiger partial charge in [-0.05, 0) is 12.1 Å². The minimum absolute atomic E-state index is 0.203. The van der Waals surface area contributed by atoms with Crippen LogP contribution in [0, 0.1) is 0 Å². The summed E-state index contributed by atoms with van der Waals surface area (Å²) in [6.45, 7) is -0.596. The van der Waals surface area contributed by atoms with Gasteiger partial charge in [0.1, 0.15) is 18.1 Å². The van der Waals surface area contributed by atoms with Gasteiger partial charge < -0.3 is 14.2 Å². The molecule has 2 rings (SSSR count). The van der Waals surface area contributed by atoms with Crippen LogP contribution in [0.5, 0.6) is 11.5 Å². The van der Waals surface area contributed by atoms with Gasteiger partial charge in [0.05, 0.1) is 19.8 Å². The van der Waals surface area contributed by atoms with Crippen molar-refractivity contribution in [2.24, 2.45) is 0 Å². The topological polar surface area (TPSA) is 27.7 Å². The molecule has 116 valence electrons. The molecule has 3 nitrogen and oxygen atoms in total. The molecule has 0 amide bonds. The molecule has 1 aliphatic carbocycles. The van der Waals surface area contributed by atoms with Crippen LogP contribution in [-0.4, -0.2) is 26.1 Å². The number of benzene rings is 1. The lowest BCUT2D eigenvalue weighted by Crippen LogP contribution is -2.53. The summed E-state index contributed by atoms with van der Waals surface area (Å²) in [5, 5.41) is 0. The highest BCUT2D eigenvalue weighted by Crippen LogP contribution is 2.56. The van der Waals surface area contributed by atoms with Crippen molar-refractivity contribution in [3.8, 4) is 11.5 Å². The summed E-state index contributed by atoms with van der Waals surface area (Å²) in [5.41, 5.74) is 0.203. The molecule has 0 aromatic heterocycles. The third kappa shape index (κ3) is 2.18. The van der Waals surface area contributed by atoms with Crippen molar-refractivity contribution in [2.75, 3.05) is 14.2 Å². The molecule has 0 heterocycles. The Kier molecular flexibility index (Phi) is 3.73. The first kappa shape index (κ1) is 15.4. The van der Waals surface area contributed by atoms with Gasteiger partial charge in [0.15, 0.2) is 0 Å². The molecule has 0 bridgehead atoms. The Hall–Kier alpha value is -1.99. The second-order valence-corrected chi connectivity index (χ2v) is 4.22. The van der Waals surface area contributed by atoms with Crippen LogP contribution in [0.15, 0.2) is 29.8 Å². The van der Waals surface area contributed by atoms with Crippen LogP contribution >= 0.6 is 0 Å². The largest absolute Gasteiger partial charge is 0.496 e. The Morgan fingerprint density at radius 3 is 1.90 bits per heavy atom. The average molecular weight is 310 g/mol. The standard InChI is InChI=1S/C13H11F5O3/c1-19-8-4-3-5-9(20-2)7(8)6-21-11-10(14)12(15,16)13(11,17)18/h3-5H,6H2,1-2H3. The van der Waals surface area contributed by atoms with E-state index in [1.807, 2.05) is 0 Å². The van der Waals surface area contributed by atoms with E-state index >= 15 is 0 Å². The molecule has 0 radical (unpaired) electrons. The van der Waals surface area contributed by atoms with Crippen molar-refractivity contribution in [1.82, 2.24) is 0 Å². The molecule has 0 fully saturated rings. The van der Waals surface area contributed by atoms with Gasteiger partial charge in [-0.2, -0.15) is 17.6 Å². The average Bonchev–Trinajstić information content (AvgIpc) is 2.46.